The number of nitrogens with one attached hydrogen (secondary N) is 2. The molecule has 0 aromatic carbocycles. The number of nitrogens with zero attached hydrogens (tertiary/aromatic N) is 1. The van der Waals surface area contributed by atoms with Crippen LogP contribution >= 0.6 is 22.9 Å². The molecule has 4 rings (SSSR count). The minimum Gasteiger partial charge on any atom is -0.312 e. The molecule has 0 saturated heterocycles. The minimum absolute atomic E-state index is 0.00567. The van der Waals surface area contributed by atoms with Crippen LogP contribution in [0.4, 0.5) is 0 Å². The van der Waals surface area contributed by atoms with Gasteiger partial charge in [0.15, 0.2) is 0 Å². The summed E-state index contributed by atoms with van der Waals surface area (Å²) in [6.45, 7) is 1.51. The van der Waals surface area contributed by atoms with Crippen LogP contribution in [0, 0.1) is 0 Å². The molecule has 1 fully saturated rings. The molecule has 6 heteroatoms. The normalized spacial score (nSPS) is 19.6. The molecule has 1 saturated carbocycles. The molecule has 0 bridgehead atoms. The Balaban J connectivity index is 1.83. The third kappa shape index (κ3) is 1.84. The number of fused-ring (bicyclic) bond motifs is 1. The van der Waals surface area contributed by atoms with Crippen LogP contribution in [0.2, 0.25) is 4.34 Å². The first kappa shape index (κ1) is 12.6. The Morgan fingerprint density at radius 2 is 2.20 bits per heavy atom. The fourth-order valence-electron chi connectivity index (χ4n) is 2.88. The number of rotatable bonds is 2. The molecule has 0 radical (unpaired) electrons. The quantitative estimate of drug-likeness (QED) is 0.894. The fraction of sp³-hybridized carbons (Fsp3) is 0.429. The predicted octanol–water partition coefficient (Wildman–Crippen LogP) is 2.21. The van der Waals surface area contributed by atoms with E-state index in [2.05, 4.69) is 16.4 Å². The monoisotopic (exact) mass is 307 g/mol. The van der Waals surface area contributed by atoms with Gasteiger partial charge >= 0.3 is 0 Å². The third-order valence-electron chi connectivity index (χ3n) is 4.19. The third-order valence-corrected chi connectivity index (χ3v) is 5.62. The molecule has 2 aliphatic rings. The van der Waals surface area contributed by atoms with E-state index in [0.29, 0.717) is 6.54 Å². The number of thiophene rings is 1. The number of halogens is 1. The molecule has 104 valence electrons. The highest BCUT2D eigenvalue weighted by Gasteiger charge is 2.49. The van der Waals surface area contributed by atoms with E-state index < -0.39 is 0 Å². The van der Waals surface area contributed by atoms with E-state index in [9.17, 15) is 4.79 Å². The molecule has 0 spiro atoms. The molecule has 2 aromatic rings. The van der Waals surface area contributed by atoms with Crippen molar-refractivity contribution in [1.82, 2.24) is 15.3 Å². The molecule has 0 unspecified atom stereocenters. The van der Waals surface area contributed by atoms with Crippen molar-refractivity contribution in [2.75, 3.05) is 6.54 Å². The van der Waals surface area contributed by atoms with Crippen LogP contribution in [-0.2, 0) is 18.4 Å². The van der Waals surface area contributed by atoms with E-state index in [1.807, 2.05) is 6.07 Å². The second-order valence-electron chi connectivity index (χ2n) is 5.45. The summed E-state index contributed by atoms with van der Waals surface area (Å²) in [7, 11) is 0. The standard InChI is InChI=1S/C14H14ClN3OS/c15-11-2-1-10(20-11)14(4-5-14)13-17-9-3-6-16-7-8(9)12(19)18-13/h1-2,16H,3-7H2,(H,17,18,19). The summed E-state index contributed by atoms with van der Waals surface area (Å²) in [5, 5.41) is 3.22. The number of hydrogen-bond acceptors (Lipinski definition) is 4. The molecule has 2 N–H and O–H groups in total. The largest absolute Gasteiger partial charge is 0.312 e. The predicted molar refractivity (Wildman–Crippen MR) is 79.6 cm³/mol. The van der Waals surface area contributed by atoms with Crippen molar-refractivity contribution in [3.05, 3.63) is 48.8 Å². The zero-order valence-electron chi connectivity index (χ0n) is 10.8. The van der Waals surface area contributed by atoms with Crippen LogP contribution in [0.15, 0.2) is 16.9 Å². The molecule has 20 heavy (non-hydrogen) atoms. The Hall–Kier alpha value is -1.17. The maximum absolute atomic E-state index is 12.2. The summed E-state index contributed by atoms with van der Waals surface area (Å²) in [5.41, 5.74) is 1.65. The van der Waals surface area contributed by atoms with Gasteiger partial charge in [-0.15, -0.1) is 11.3 Å². The van der Waals surface area contributed by atoms with E-state index in [-0.39, 0.29) is 11.0 Å². The SMILES string of the molecule is O=c1[nH]c(C2(c3ccc(Cl)s3)CC2)nc2c1CNCC2. The van der Waals surface area contributed by atoms with Gasteiger partial charge in [-0.05, 0) is 25.0 Å². The Bertz CT molecular complexity index is 732. The lowest BCUT2D eigenvalue weighted by molar-refractivity contribution is 0.605. The minimum atomic E-state index is -0.100. The molecule has 2 aromatic heterocycles. The molecule has 0 atom stereocenters. The molecule has 3 heterocycles. The van der Waals surface area contributed by atoms with E-state index >= 15 is 0 Å². The van der Waals surface area contributed by atoms with Gasteiger partial charge in [-0.1, -0.05) is 11.6 Å². The molecule has 0 amide bonds. The maximum Gasteiger partial charge on any atom is 0.255 e. The van der Waals surface area contributed by atoms with Crippen molar-refractivity contribution < 1.29 is 0 Å². The van der Waals surface area contributed by atoms with E-state index in [0.717, 1.165) is 47.2 Å². The van der Waals surface area contributed by atoms with Gasteiger partial charge in [0.25, 0.3) is 5.56 Å². The molecular formula is C14H14ClN3OS. The summed E-state index contributed by atoms with van der Waals surface area (Å²) < 4.78 is 0.788. The van der Waals surface area contributed by atoms with Crippen LogP contribution in [0.1, 0.15) is 34.8 Å². The van der Waals surface area contributed by atoms with Gasteiger partial charge in [-0.25, -0.2) is 4.98 Å². The van der Waals surface area contributed by atoms with Gasteiger partial charge in [0.1, 0.15) is 5.82 Å². The Morgan fingerprint density at radius 3 is 2.90 bits per heavy atom. The summed E-state index contributed by atoms with van der Waals surface area (Å²) in [6, 6.07) is 3.98. The Labute approximate surface area is 125 Å². The lowest BCUT2D eigenvalue weighted by Gasteiger charge is -2.19. The van der Waals surface area contributed by atoms with Gasteiger partial charge in [-0.3, -0.25) is 4.79 Å². The zero-order chi connectivity index (χ0) is 13.7. The fourth-order valence-corrected chi connectivity index (χ4v) is 4.17. The highest BCUT2D eigenvalue weighted by Crippen LogP contribution is 2.54. The number of aromatic amines is 1. The average Bonchev–Trinajstić information content (AvgIpc) is 3.15. The van der Waals surface area contributed by atoms with Crippen molar-refractivity contribution in [2.45, 2.75) is 31.2 Å². The first-order valence-corrected chi connectivity index (χ1v) is 7.98. The highest BCUT2D eigenvalue weighted by molar-refractivity contribution is 7.16. The summed E-state index contributed by atoms with van der Waals surface area (Å²) in [5.74, 6) is 0.821. The van der Waals surface area contributed by atoms with Crippen LogP contribution in [0.5, 0.6) is 0 Å². The second kappa shape index (κ2) is 4.41. The topological polar surface area (TPSA) is 57.8 Å². The molecular weight excluding hydrogens is 294 g/mol. The van der Waals surface area contributed by atoms with Gasteiger partial charge < -0.3 is 10.3 Å². The molecule has 1 aliphatic carbocycles. The second-order valence-corrected chi connectivity index (χ2v) is 7.17. The summed E-state index contributed by atoms with van der Waals surface area (Å²) in [6.07, 6.45) is 2.89. The molecule has 4 nitrogen and oxygen atoms in total. The van der Waals surface area contributed by atoms with E-state index in [1.54, 1.807) is 11.3 Å². The van der Waals surface area contributed by atoms with Crippen LogP contribution in [0.3, 0.4) is 0 Å². The Kier molecular flexibility index (Phi) is 2.77. The summed E-state index contributed by atoms with van der Waals surface area (Å²) >= 11 is 7.63. The lowest BCUT2D eigenvalue weighted by atomic mass is 10.0. The van der Waals surface area contributed by atoms with Gasteiger partial charge in [0.05, 0.1) is 21.0 Å². The summed E-state index contributed by atoms with van der Waals surface area (Å²) in [4.78, 5) is 21.2. The zero-order valence-corrected chi connectivity index (χ0v) is 12.4. The number of H-pyrrole nitrogens is 1. The van der Waals surface area contributed by atoms with E-state index in [1.165, 1.54) is 4.88 Å². The lowest BCUT2D eigenvalue weighted by Crippen LogP contribution is -2.33. The van der Waals surface area contributed by atoms with E-state index in [4.69, 9.17) is 16.6 Å². The van der Waals surface area contributed by atoms with Crippen molar-refractivity contribution in [1.29, 1.82) is 0 Å². The van der Waals surface area contributed by atoms with Gasteiger partial charge in [0.2, 0.25) is 0 Å². The average molecular weight is 308 g/mol. The van der Waals surface area contributed by atoms with Crippen LogP contribution in [0.25, 0.3) is 0 Å². The smallest absolute Gasteiger partial charge is 0.255 e. The van der Waals surface area contributed by atoms with Crippen LogP contribution in [-0.4, -0.2) is 16.5 Å². The van der Waals surface area contributed by atoms with Gasteiger partial charge in [-0.2, -0.15) is 0 Å². The van der Waals surface area contributed by atoms with Crippen molar-refractivity contribution in [3.63, 3.8) is 0 Å². The number of aromatic nitrogens is 2. The first-order valence-electron chi connectivity index (χ1n) is 6.78. The Morgan fingerprint density at radius 1 is 1.35 bits per heavy atom. The van der Waals surface area contributed by atoms with Crippen molar-refractivity contribution >= 4 is 22.9 Å². The van der Waals surface area contributed by atoms with Crippen molar-refractivity contribution in [3.8, 4) is 0 Å². The van der Waals surface area contributed by atoms with Crippen LogP contribution < -0.4 is 10.9 Å². The first-order chi connectivity index (χ1) is 9.69. The molecule has 1 aliphatic heterocycles. The van der Waals surface area contributed by atoms with Crippen molar-refractivity contribution in [2.24, 2.45) is 0 Å². The number of hydrogen-bond donors (Lipinski definition) is 2. The highest BCUT2D eigenvalue weighted by atomic mass is 35.5. The maximum atomic E-state index is 12.2. The van der Waals surface area contributed by atoms with Gasteiger partial charge in [0, 0.05) is 24.4 Å².